The minimum Gasteiger partial charge on any atom is -0.323 e. The average Bonchev–Trinajstić information content (AvgIpc) is 2.11. The number of hydrogen-bond donors (Lipinski definition) is 1. The van der Waals surface area contributed by atoms with E-state index in [-0.39, 0.29) is 12.4 Å². The van der Waals surface area contributed by atoms with Crippen LogP contribution >= 0.6 is 12.4 Å². The number of hydrogen-bond acceptors (Lipinski definition) is 1. The topological polar surface area (TPSA) is 12.0 Å². The molecule has 0 aliphatic heterocycles. The summed E-state index contributed by atoms with van der Waals surface area (Å²) in [6.45, 7) is 0. The monoisotopic (exact) mass is 121 g/mol. The second kappa shape index (κ2) is 9.37. The van der Waals surface area contributed by atoms with Gasteiger partial charge in [0.1, 0.15) is 0 Å². The highest BCUT2D eigenvalue weighted by Gasteiger charge is 1.75. The van der Waals surface area contributed by atoms with Gasteiger partial charge in [0, 0.05) is 0 Å². The Balaban J connectivity index is 0. The van der Waals surface area contributed by atoms with E-state index in [1.54, 1.807) is 0 Å². The first-order valence-electron chi connectivity index (χ1n) is 2.15. The van der Waals surface area contributed by atoms with Gasteiger partial charge in [-0.1, -0.05) is 12.2 Å². The van der Waals surface area contributed by atoms with Gasteiger partial charge < -0.3 is 5.32 Å². The lowest BCUT2D eigenvalue weighted by Crippen LogP contribution is -1.89. The van der Waals surface area contributed by atoms with Gasteiger partial charge in [0.25, 0.3) is 0 Å². The van der Waals surface area contributed by atoms with Crippen LogP contribution in [-0.2, 0) is 0 Å². The Morgan fingerprint density at radius 1 is 1.29 bits per heavy atom. The molecule has 0 aromatic rings. The zero-order valence-electron chi connectivity index (χ0n) is 4.77. The van der Waals surface area contributed by atoms with Crippen LogP contribution in [-0.4, -0.2) is 14.1 Å². The van der Waals surface area contributed by atoms with Crippen molar-refractivity contribution in [1.82, 2.24) is 5.32 Å². The molecule has 0 unspecified atom stereocenters. The molecule has 1 aliphatic rings. The van der Waals surface area contributed by atoms with Crippen LogP contribution in [0.1, 0.15) is 6.42 Å². The summed E-state index contributed by atoms with van der Waals surface area (Å²) >= 11 is 0. The van der Waals surface area contributed by atoms with E-state index in [1.165, 1.54) is 6.42 Å². The highest BCUT2D eigenvalue weighted by Crippen LogP contribution is 1.96. The molecule has 0 bridgehead atoms. The van der Waals surface area contributed by atoms with E-state index in [2.05, 4.69) is 17.5 Å². The van der Waals surface area contributed by atoms with Crippen molar-refractivity contribution in [3.8, 4) is 0 Å². The van der Waals surface area contributed by atoms with E-state index >= 15 is 0 Å². The van der Waals surface area contributed by atoms with E-state index in [4.69, 9.17) is 0 Å². The first-order valence-corrected chi connectivity index (χ1v) is 2.15. The van der Waals surface area contributed by atoms with E-state index in [0.29, 0.717) is 0 Å². The molecule has 0 fully saturated rings. The molecule has 0 spiro atoms. The molecule has 44 valence electrons. The molecule has 0 amide bonds. The molecule has 0 heterocycles. The lowest BCUT2D eigenvalue weighted by molar-refractivity contribution is 1.02. The molecular weight excluding hydrogens is 110 g/mol. The van der Waals surface area contributed by atoms with Crippen LogP contribution in [0.5, 0.6) is 0 Å². The molecule has 0 aromatic carbocycles. The number of rotatable bonds is 0. The van der Waals surface area contributed by atoms with Crippen molar-refractivity contribution in [3.63, 3.8) is 0 Å². The van der Waals surface area contributed by atoms with Crippen molar-refractivity contribution >= 4 is 12.4 Å². The van der Waals surface area contributed by atoms with E-state index < -0.39 is 0 Å². The molecule has 1 N–H and O–H groups in total. The van der Waals surface area contributed by atoms with Crippen LogP contribution in [0.3, 0.4) is 0 Å². The summed E-state index contributed by atoms with van der Waals surface area (Å²) < 4.78 is 0. The summed E-state index contributed by atoms with van der Waals surface area (Å²) in [5, 5.41) is 2.75. The number of allylic oxidation sites excluding steroid dienone is 2. The van der Waals surface area contributed by atoms with Gasteiger partial charge in [-0.3, -0.25) is 0 Å². The van der Waals surface area contributed by atoms with Gasteiger partial charge in [0.05, 0.1) is 0 Å². The predicted octanol–water partition coefficient (Wildman–Crippen LogP) is 1.20. The lowest BCUT2D eigenvalue weighted by Gasteiger charge is -1.59. The maximum absolute atomic E-state index is 2.75. The van der Waals surface area contributed by atoms with Crippen LogP contribution in [0, 0.1) is 0 Å². The van der Waals surface area contributed by atoms with Gasteiger partial charge in [-0.05, 0) is 20.5 Å². The third-order valence-corrected chi connectivity index (χ3v) is 0.236. The predicted molar refractivity (Wildman–Crippen MR) is 36.0 cm³/mol. The zero-order valence-corrected chi connectivity index (χ0v) is 5.59. The molecule has 1 rings (SSSR count). The van der Waals surface area contributed by atoms with Gasteiger partial charge >= 0.3 is 0 Å². The Labute approximate surface area is 51.2 Å². The molecule has 0 saturated heterocycles. The number of halogens is 1. The van der Waals surface area contributed by atoms with E-state index in [1.807, 2.05) is 14.1 Å². The maximum atomic E-state index is 2.75. The Morgan fingerprint density at radius 2 is 1.43 bits per heavy atom. The summed E-state index contributed by atoms with van der Waals surface area (Å²) in [5.41, 5.74) is 0. The average molecular weight is 122 g/mol. The maximum Gasteiger partial charge on any atom is -0.0167 e. The van der Waals surface area contributed by atoms with Crippen molar-refractivity contribution in [1.29, 1.82) is 0 Å². The first kappa shape index (κ1) is 10.1. The second-order valence-electron chi connectivity index (χ2n) is 1.21. The molecule has 2 heteroatoms. The standard InChI is InChI=1S/C3H4.C2H7N.ClH/c1-2-3-1;1-3-2;/h1-2H,3H2;3H,1-2H3;1H. The summed E-state index contributed by atoms with van der Waals surface area (Å²) in [7, 11) is 3.75. The Kier molecular flexibility index (Phi) is 13.5. The summed E-state index contributed by atoms with van der Waals surface area (Å²) in [4.78, 5) is 0. The Hall–Kier alpha value is -0.0100. The first-order chi connectivity index (χ1) is 2.91. The van der Waals surface area contributed by atoms with Crippen LogP contribution in [0.4, 0.5) is 0 Å². The van der Waals surface area contributed by atoms with Crippen LogP contribution in [0.2, 0.25) is 0 Å². The normalized spacial score (nSPS) is 10.6. The van der Waals surface area contributed by atoms with Crippen molar-refractivity contribution < 1.29 is 0 Å². The van der Waals surface area contributed by atoms with Crippen LogP contribution < -0.4 is 5.32 Å². The van der Waals surface area contributed by atoms with Gasteiger partial charge in [-0.15, -0.1) is 12.4 Å². The third kappa shape index (κ3) is 97.3. The minimum atomic E-state index is 0. The molecule has 1 aliphatic carbocycles. The molecule has 0 aromatic heterocycles. The Morgan fingerprint density at radius 3 is 1.43 bits per heavy atom. The SMILES string of the molecule is C1=CC1.CNC.Cl. The van der Waals surface area contributed by atoms with Gasteiger partial charge in [0.15, 0.2) is 0 Å². The summed E-state index contributed by atoms with van der Waals surface area (Å²) in [6, 6.07) is 0. The highest BCUT2D eigenvalue weighted by molar-refractivity contribution is 5.85. The molecule has 7 heavy (non-hydrogen) atoms. The fourth-order valence-electron chi connectivity index (χ4n) is 0. The molecule has 0 radical (unpaired) electrons. The third-order valence-electron chi connectivity index (χ3n) is 0.236. The van der Waals surface area contributed by atoms with Gasteiger partial charge in [0.2, 0.25) is 0 Å². The van der Waals surface area contributed by atoms with E-state index in [0.717, 1.165) is 0 Å². The fraction of sp³-hybridized carbons (Fsp3) is 0.600. The van der Waals surface area contributed by atoms with Crippen molar-refractivity contribution in [2.45, 2.75) is 6.42 Å². The molecule has 1 nitrogen and oxygen atoms in total. The minimum absolute atomic E-state index is 0. The van der Waals surface area contributed by atoms with E-state index in [9.17, 15) is 0 Å². The van der Waals surface area contributed by atoms with Gasteiger partial charge in [-0.25, -0.2) is 0 Å². The zero-order chi connectivity index (χ0) is 4.83. The summed E-state index contributed by atoms with van der Waals surface area (Å²) in [5.74, 6) is 0. The lowest BCUT2D eigenvalue weighted by atomic mass is 10.9. The van der Waals surface area contributed by atoms with Crippen LogP contribution in [0.15, 0.2) is 12.2 Å². The quantitative estimate of drug-likeness (QED) is 0.475. The Bertz CT molecular complexity index is 39.3. The second-order valence-corrected chi connectivity index (χ2v) is 1.21. The summed E-state index contributed by atoms with van der Waals surface area (Å²) in [6.07, 6.45) is 5.50. The molecule has 0 atom stereocenters. The number of nitrogens with one attached hydrogen (secondary N) is 1. The fourth-order valence-corrected chi connectivity index (χ4v) is 0. The van der Waals surface area contributed by atoms with Gasteiger partial charge in [-0.2, -0.15) is 0 Å². The van der Waals surface area contributed by atoms with Crippen molar-refractivity contribution in [2.24, 2.45) is 0 Å². The molecule has 0 saturated carbocycles. The highest BCUT2D eigenvalue weighted by atomic mass is 35.5. The smallest absolute Gasteiger partial charge is 0.0167 e. The van der Waals surface area contributed by atoms with Crippen molar-refractivity contribution in [3.05, 3.63) is 12.2 Å². The van der Waals surface area contributed by atoms with Crippen molar-refractivity contribution in [2.75, 3.05) is 14.1 Å². The molecular formula is C5H12ClN. The van der Waals surface area contributed by atoms with Crippen LogP contribution in [0.25, 0.3) is 0 Å². The largest absolute Gasteiger partial charge is 0.323 e.